The molecule has 39 heavy (non-hydrogen) atoms. The molecule has 10 heteroatoms. The summed E-state index contributed by atoms with van der Waals surface area (Å²) in [7, 11) is -0.485. The number of para-hydroxylation sites is 1. The molecule has 1 fully saturated rings. The number of likely N-dealkylation sites (tertiary alicyclic amines) is 1. The molecule has 0 bridgehead atoms. The van der Waals surface area contributed by atoms with Crippen LogP contribution >= 0.6 is 11.8 Å². The molecule has 0 aliphatic carbocycles. The van der Waals surface area contributed by atoms with Crippen molar-refractivity contribution in [1.29, 1.82) is 0 Å². The van der Waals surface area contributed by atoms with Gasteiger partial charge in [0.25, 0.3) is 10.0 Å². The maximum absolute atomic E-state index is 14.8. The lowest BCUT2D eigenvalue weighted by Gasteiger charge is -2.50. The highest BCUT2D eigenvalue weighted by molar-refractivity contribution is 7.99. The lowest BCUT2D eigenvalue weighted by molar-refractivity contribution is -0.115. The van der Waals surface area contributed by atoms with Crippen LogP contribution in [0.1, 0.15) is 33.9 Å². The van der Waals surface area contributed by atoms with Crippen LogP contribution in [0.3, 0.4) is 0 Å². The van der Waals surface area contributed by atoms with Crippen molar-refractivity contribution >= 4 is 39.1 Å². The fourth-order valence-electron chi connectivity index (χ4n) is 7.10. The molecule has 1 amide bonds. The van der Waals surface area contributed by atoms with Gasteiger partial charge in [-0.25, -0.2) is 12.7 Å². The Hall–Kier alpha value is -3.21. The fourth-order valence-corrected chi connectivity index (χ4v) is 9.66. The maximum atomic E-state index is 14.8. The average molecular weight is 564 g/mol. The molecule has 0 radical (unpaired) electrons. The average Bonchev–Trinajstić information content (AvgIpc) is 3.48. The number of anilines is 2. The van der Waals surface area contributed by atoms with Crippen LogP contribution in [0.4, 0.5) is 11.4 Å². The van der Waals surface area contributed by atoms with Gasteiger partial charge in [0.2, 0.25) is 5.91 Å². The first-order valence-corrected chi connectivity index (χ1v) is 15.6. The molecular formula is C29H29N3O5S2. The number of thioether (sulfide) groups is 1. The topological polar surface area (TPSA) is 88.2 Å². The van der Waals surface area contributed by atoms with Crippen LogP contribution in [0.25, 0.3) is 0 Å². The summed E-state index contributed by atoms with van der Waals surface area (Å²) >= 11 is 1.42. The van der Waals surface area contributed by atoms with Gasteiger partial charge in [-0.2, -0.15) is 0 Å². The number of methoxy groups -OCH3 is 1. The number of benzene rings is 3. The predicted molar refractivity (Wildman–Crippen MR) is 151 cm³/mol. The quantitative estimate of drug-likeness (QED) is 0.504. The molecule has 7 rings (SSSR count). The zero-order chi connectivity index (χ0) is 27.3. The third kappa shape index (κ3) is 2.94. The first-order valence-electron chi connectivity index (χ1n) is 12.9. The van der Waals surface area contributed by atoms with Crippen LogP contribution in [-0.4, -0.2) is 52.7 Å². The largest absolute Gasteiger partial charge is 0.494 e. The van der Waals surface area contributed by atoms with Gasteiger partial charge in [-0.1, -0.05) is 35.9 Å². The van der Waals surface area contributed by atoms with E-state index in [0.29, 0.717) is 35.8 Å². The number of fused-ring (bicyclic) bond motifs is 4. The Morgan fingerprint density at radius 2 is 1.90 bits per heavy atom. The molecule has 8 nitrogen and oxygen atoms in total. The van der Waals surface area contributed by atoms with E-state index in [-0.39, 0.29) is 10.8 Å². The van der Waals surface area contributed by atoms with E-state index in [0.717, 1.165) is 28.8 Å². The number of likely N-dealkylation sites (N-methyl/N-ethyl adjacent to an activating group) is 1. The Balaban J connectivity index is 1.61. The van der Waals surface area contributed by atoms with Crippen molar-refractivity contribution in [2.45, 2.75) is 34.6 Å². The highest BCUT2D eigenvalue weighted by Crippen LogP contribution is 2.70. The number of ether oxygens (including phenoxy) is 2. The monoisotopic (exact) mass is 563 g/mol. The summed E-state index contributed by atoms with van der Waals surface area (Å²) in [5.74, 6) is 0.925. The summed E-state index contributed by atoms with van der Waals surface area (Å²) in [5, 5.41) is 2.49. The molecule has 0 aromatic heterocycles. The van der Waals surface area contributed by atoms with E-state index in [4.69, 9.17) is 9.47 Å². The standard InChI is InChI=1S/C29H29N3O5S2/c1-17-9-11-18(12-10-17)39(34,35)32-20-8-6-5-7-19(20)29-13-14-31(2)16-28(29,32)24-21(37-29)15-22(36-3)25-23(24)26(38-4)27(33)30-25/h5-12,15,26H,13-14,16H2,1-4H3,(H,30,33)/t26?,28-,29-/m1/s1. The molecule has 3 aromatic carbocycles. The van der Waals surface area contributed by atoms with Crippen molar-refractivity contribution in [1.82, 2.24) is 4.90 Å². The minimum Gasteiger partial charge on any atom is -0.494 e. The smallest absolute Gasteiger partial charge is 0.265 e. The Bertz CT molecular complexity index is 1660. The molecule has 3 atom stereocenters. The predicted octanol–water partition coefficient (Wildman–Crippen LogP) is 4.39. The van der Waals surface area contributed by atoms with Gasteiger partial charge in [-0.05, 0) is 38.4 Å². The van der Waals surface area contributed by atoms with Gasteiger partial charge in [0.1, 0.15) is 22.3 Å². The van der Waals surface area contributed by atoms with E-state index in [2.05, 4.69) is 10.2 Å². The number of piperidine rings is 1. The van der Waals surface area contributed by atoms with Crippen LogP contribution in [0, 0.1) is 6.92 Å². The minimum absolute atomic E-state index is 0.147. The van der Waals surface area contributed by atoms with Crippen molar-refractivity contribution in [3.05, 3.63) is 76.9 Å². The van der Waals surface area contributed by atoms with Gasteiger partial charge >= 0.3 is 0 Å². The first kappa shape index (κ1) is 24.8. The van der Waals surface area contributed by atoms with Gasteiger partial charge in [-0.15, -0.1) is 11.8 Å². The van der Waals surface area contributed by atoms with Crippen LogP contribution in [0.15, 0.2) is 59.5 Å². The second-order valence-corrected chi connectivity index (χ2v) is 13.5. The first-order chi connectivity index (χ1) is 18.7. The summed E-state index contributed by atoms with van der Waals surface area (Å²) in [4.78, 5) is 15.6. The summed E-state index contributed by atoms with van der Waals surface area (Å²) in [6.45, 7) is 3.06. The minimum atomic E-state index is -4.06. The van der Waals surface area contributed by atoms with Crippen molar-refractivity contribution < 1.29 is 22.7 Å². The van der Waals surface area contributed by atoms with E-state index in [1.165, 1.54) is 11.8 Å². The third-order valence-corrected chi connectivity index (χ3v) is 11.4. The number of hydrogen-bond donors (Lipinski definition) is 1. The number of nitrogens with zero attached hydrogens (tertiary/aromatic N) is 2. The Morgan fingerprint density at radius 1 is 1.15 bits per heavy atom. The molecule has 4 aliphatic rings. The molecule has 0 spiro atoms. The lowest BCUT2D eigenvalue weighted by atomic mass is 9.69. The van der Waals surface area contributed by atoms with Gasteiger partial charge in [0.15, 0.2) is 5.60 Å². The van der Waals surface area contributed by atoms with Crippen LogP contribution in [0.5, 0.6) is 11.5 Å². The Labute approximate surface area is 232 Å². The van der Waals surface area contributed by atoms with Crippen molar-refractivity contribution in [3.8, 4) is 11.5 Å². The van der Waals surface area contributed by atoms with Crippen LogP contribution in [0.2, 0.25) is 0 Å². The van der Waals surface area contributed by atoms with Crippen LogP contribution in [-0.2, 0) is 26.0 Å². The van der Waals surface area contributed by atoms with Crippen molar-refractivity contribution in [2.24, 2.45) is 0 Å². The molecule has 1 unspecified atom stereocenters. The molecule has 202 valence electrons. The molecule has 1 N–H and O–H groups in total. The van der Waals surface area contributed by atoms with E-state index >= 15 is 0 Å². The van der Waals surface area contributed by atoms with Gasteiger partial charge in [0, 0.05) is 42.3 Å². The van der Waals surface area contributed by atoms with Gasteiger partial charge < -0.3 is 19.7 Å². The number of rotatable bonds is 4. The van der Waals surface area contributed by atoms with Crippen LogP contribution < -0.4 is 19.1 Å². The normalized spacial score (nSPS) is 26.7. The summed E-state index contributed by atoms with van der Waals surface area (Å²) in [6.07, 6.45) is 2.47. The Kier molecular flexibility index (Phi) is 5.19. The number of aryl methyl sites for hydroxylation is 1. The second-order valence-electron chi connectivity index (χ2n) is 10.7. The van der Waals surface area contributed by atoms with Crippen molar-refractivity contribution in [2.75, 3.05) is 43.1 Å². The highest BCUT2D eigenvalue weighted by Gasteiger charge is 2.74. The summed E-state index contributed by atoms with van der Waals surface area (Å²) in [6, 6.07) is 16.4. The second kappa shape index (κ2) is 8.16. The number of sulfonamides is 1. The number of hydrogen-bond acceptors (Lipinski definition) is 7. The molecule has 3 aromatic rings. The van der Waals surface area contributed by atoms with Gasteiger partial charge in [-0.3, -0.25) is 4.79 Å². The van der Waals surface area contributed by atoms with Gasteiger partial charge in [0.05, 0.1) is 23.4 Å². The maximum Gasteiger partial charge on any atom is 0.265 e. The van der Waals surface area contributed by atoms with E-state index in [9.17, 15) is 13.2 Å². The van der Waals surface area contributed by atoms with E-state index < -0.39 is 26.4 Å². The summed E-state index contributed by atoms with van der Waals surface area (Å²) < 4.78 is 43.9. The number of carbonyl (C=O) groups is 1. The number of carbonyl (C=O) groups excluding carboxylic acids is 1. The number of nitrogens with one attached hydrogen (secondary N) is 1. The van der Waals surface area contributed by atoms with E-state index in [1.807, 2.05) is 62.7 Å². The zero-order valence-electron chi connectivity index (χ0n) is 22.1. The fraction of sp³-hybridized carbons (Fsp3) is 0.345. The molecule has 4 aliphatic heterocycles. The molecule has 0 saturated carbocycles. The summed E-state index contributed by atoms with van der Waals surface area (Å²) in [5.41, 5.74) is 2.41. The third-order valence-electron chi connectivity index (χ3n) is 8.67. The molecule has 1 saturated heterocycles. The Morgan fingerprint density at radius 3 is 2.62 bits per heavy atom. The lowest BCUT2D eigenvalue weighted by Crippen LogP contribution is -2.65. The molecular weight excluding hydrogens is 534 g/mol. The number of amides is 1. The van der Waals surface area contributed by atoms with Crippen molar-refractivity contribution in [3.63, 3.8) is 0 Å². The molecule has 4 heterocycles. The van der Waals surface area contributed by atoms with E-state index in [1.54, 1.807) is 23.5 Å². The zero-order valence-corrected chi connectivity index (χ0v) is 23.8. The SMILES string of the molecule is COc1cc2c(c3c1NC(=O)C3SC)[C@]13CN(C)CC[C@@]1(O2)c1ccccc1N3S(=O)(=O)c1ccc(C)cc1. The highest BCUT2D eigenvalue weighted by atomic mass is 32.2.